The molecule has 3 aromatic carbocycles. The lowest BCUT2D eigenvalue weighted by molar-refractivity contribution is 0.208. The minimum Gasteiger partial charge on any atom is -0.504 e. The van der Waals surface area contributed by atoms with E-state index in [1.165, 1.54) is 13.2 Å². The molecule has 1 unspecified atom stereocenters. The summed E-state index contributed by atoms with van der Waals surface area (Å²) in [6, 6.07) is 16.3. The van der Waals surface area contributed by atoms with Gasteiger partial charge in [0.15, 0.2) is 23.1 Å². The third-order valence-electron chi connectivity index (χ3n) is 6.51. The molecule has 0 aliphatic carbocycles. The number of phenolic OH excluding ortho intramolecular Hbond substituents is 1. The molecule has 5 nitrogen and oxygen atoms in total. The van der Waals surface area contributed by atoms with Gasteiger partial charge in [-0.25, -0.2) is 8.78 Å². The lowest BCUT2D eigenvalue weighted by Gasteiger charge is -2.41. The van der Waals surface area contributed by atoms with Gasteiger partial charge in [-0.3, -0.25) is 9.88 Å². The molecule has 0 spiro atoms. The second kappa shape index (κ2) is 9.68. The highest BCUT2D eigenvalue weighted by Gasteiger charge is 2.30. The minimum absolute atomic E-state index is 0.0100. The summed E-state index contributed by atoms with van der Waals surface area (Å²) < 4.78 is 33.2. The molecule has 180 valence electrons. The summed E-state index contributed by atoms with van der Waals surface area (Å²) in [6.07, 6.45) is 1.78. The van der Waals surface area contributed by atoms with Crippen LogP contribution in [0.1, 0.15) is 17.2 Å². The molecule has 1 aliphatic heterocycles. The van der Waals surface area contributed by atoms with Gasteiger partial charge in [-0.15, -0.1) is 0 Å². The van der Waals surface area contributed by atoms with E-state index in [0.29, 0.717) is 48.1 Å². The van der Waals surface area contributed by atoms with E-state index < -0.39 is 17.7 Å². The summed E-state index contributed by atoms with van der Waals surface area (Å²) in [4.78, 5) is 8.88. The molecular weight excluding hydrogens is 472 g/mol. The molecule has 0 radical (unpaired) electrons. The largest absolute Gasteiger partial charge is 0.504 e. The summed E-state index contributed by atoms with van der Waals surface area (Å²) in [5.41, 5.74) is 3.04. The van der Waals surface area contributed by atoms with Crippen LogP contribution in [0.5, 0.6) is 11.5 Å². The number of anilines is 1. The van der Waals surface area contributed by atoms with Crippen LogP contribution in [-0.4, -0.2) is 48.3 Å². The number of benzene rings is 3. The molecule has 8 heteroatoms. The molecule has 35 heavy (non-hydrogen) atoms. The number of hydrogen-bond donors (Lipinski definition) is 1. The highest BCUT2D eigenvalue weighted by atomic mass is 35.5. The molecule has 1 N–H and O–H groups in total. The number of para-hydroxylation sites is 1. The number of pyridine rings is 1. The quantitative estimate of drug-likeness (QED) is 0.379. The molecule has 5 rings (SSSR count). The van der Waals surface area contributed by atoms with E-state index in [1.807, 2.05) is 24.3 Å². The van der Waals surface area contributed by atoms with Crippen LogP contribution in [0.25, 0.3) is 10.9 Å². The van der Waals surface area contributed by atoms with Crippen LogP contribution in [0, 0.1) is 11.6 Å². The molecule has 0 amide bonds. The van der Waals surface area contributed by atoms with Crippen LogP contribution in [0.3, 0.4) is 0 Å². The zero-order chi connectivity index (χ0) is 24.5. The van der Waals surface area contributed by atoms with Gasteiger partial charge in [0.2, 0.25) is 0 Å². The number of nitrogens with zero attached hydrogens (tertiary/aromatic N) is 3. The summed E-state index contributed by atoms with van der Waals surface area (Å²) in [5, 5.41) is 12.6. The second-order valence-electron chi connectivity index (χ2n) is 8.49. The number of ether oxygens (including phenoxy) is 1. The predicted molar refractivity (Wildman–Crippen MR) is 133 cm³/mol. The van der Waals surface area contributed by atoms with Crippen molar-refractivity contribution in [2.75, 3.05) is 38.2 Å². The van der Waals surface area contributed by atoms with Crippen molar-refractivity contribution in [1.82, 2.24) is 9.88 Å². The van der Waals surface area contributed by atoms with E-state index in [2.05, 4.69) is 14.8 Å². The standard InChI is InChI=1S/C27H24ClF2N3O2/c1-35-25-4-2-3-20(27(25)34)26(17-5-8-21(29)22(30)15-17)33-13-11-32(12-14-33)24-9-10-31-23-16-18(28)6-7-19(23)24/h2-10,15-16,26,34H,11-14H2,1H3. The zero-order valence-corrected chi connectivity index (χ0v) is 19.8. The lowest BCUT2D eigenvalue weighted by atomic mass is 9.95. The number of hydrogen-bond acceptors (Lipinski definition) is 5. The third-order valence-corrected chi connectivity index (χ3v) is 6.74. The number of piperazine rings is 1. The molecule has 4 aromatic rings. The van der Waals surface area contributed by atoms with Crippen LogP contribution in [0.4, 0.5) is 14.5 Å². The predicted octanol–water partition coefficient (Wildman–Crippen LogP) is 5.79. The number of fused-ring (bicyclic) bond motifs is 1. The fourth-order valence-electron chi connectivity index (χ4n) is 4.80. The molecule has 0 saturated carbocycles. The van der Waals surface area contributed by atoms with Gasteiger partial charge in [0.05, 0.1) is 18.7 Å². The smallest absolute Gasteiger partial charge is 0.162 e. The number of rotatable bonds is 5. The number of aromatic nitrogens is 1. The first kappa shape index (κ1) is 23.3. The van der Waals surface area contributed by atoms with Crippen molar-refractivity contribution < 1.29 is 18.6 Å². The van der Waals surface area contributed by atoms with Gasteiger partial charge in [0, 0.05) is 54.0 Å². The Morgan fingerprint density at radius 2 is 1.77 bits per heavy atom. The Balaban J connectivity index is 1.47. The van der Waals surface area contributed by atoms with Crippen molar-refractivity contribution in [3.63, 3.8) is 0 Å². The van der Waals surface area contributed by atoms with E-state index in [-0.39, 0.29) is 5.75 Å². The lowest BCUT2D eigenvalue weighted by Crippen LogP contribution is -2.48. The Hall–Kier alpha value is -3.42. The number of halogens is 3. The molecular formula is C27H24ClF2N3O2. The maximum Gasteiger partial charge on any atom is 0.162 e. The highest BCUT2D eigenvalue weighted by Crippen LogP contribution is 2.40. The van der Waals surface area contributed by atoms with Gasteiger partial charge in [-0.05, 0) is 48.0 Å². The van der Waals surface area contributed by atoms with Crippen molar-refractivity contribution in [3.8, 4) is 11.5 Å². The maximum absolute atomic E-state index is 14.2. The topological polar surface area (TPSA) is 48.8 Å². The van der Waals surface area contributed by atoms with Crippen molar-refractivity contribution >= 4 is 28.2 Å². The first-order valence-corrected chi connectivity index (χ1v) is 11.7. The van der Waals surface area contributed by atoms with Crippen molar-refractivity contribution in [1.29, 1.82) is 0 Å². The Kier molecular flexibility index (Phi) is 6.45. The van der Waals surface area contributed by atoms with Gasteiger partial charge in [-0.1, -0.05) is 29.8 Å². The van der Waals surface area contributed by atoms with E-state index in [1.54, 1.807) is 30.5 Å². The average Bonchev–Trinajstić information content (AvgIpc) is 2.87. The van der Waals surface area contributed by atoms with Crippen LogP contribution < -0.4 is 9.64 Å². The average molecular weight is 496 g/mol. The number of phenols is 1. The second-order valence-corrected chi connectivity index (χ2v) is 8.93. The number of methoxy groups -OCH3 is 1. The van der Waals surface area contributed by atoms with Gasteiger partial charge >= 0.3 is 0 Å². The fraction of sp³-hybridized carbons (Fsp3) is 0.222. The van der Waals surface area contributed by atoms with Crippen molar-refractivity contribution in [2.24, 2.45) is 0 Å². The van der Waals surface area contributed by atoms with Crippen LogP contribution >= 0.6 is 11.6 Å². The van der Waals surface area contributed by atoms with Crippen molar-refractivity contribution in [3.05, 3.63) is 94.6 Å². The van der Waals surface area contributed by atoms with Crippen LogP contribution in [-0.2, 0) is 0 Å². The Morgan fingerprint density at radius 1 is 0.971 bits per heavy atom. The molecule has 1 fully saturated rings. The summed E-state index contributed by atoms with van der Waals surface area (Å²) in [7, 11) is 1.48. The molecule has 1 aromatic heterocycles. The molecule has 1 atom stereocenters. The molecule has 1 saturated heterocycles. The Morgan fingerprint density at radius 3 is 2.51 bits per heavy atom. The first-order chi connectivity index (χ1) is 17.0. The van der Waals surface area contributed by atoms with E-state index in [9.17, 15) is 13.9 Å². The molecule has 1 aliphatic rings. The van der Waals surface area contributed by atoms with Crippen LogP contribution in [0.15, 0.2) is 66.9 Å². The summed E-state index contributed by atoms with van der Waals surface area (Å²) in [5.74, 6) is -1.51. The van der Waals surface area contributed by atoms with E-state index >= 15 is 0 Å². The van der Waals surface area contributed by atoms with Crippen LogP contribution in [0.2, 0.25) is 5.02 Å². The normalized spacial score (nSPS) is 15.4. The van der Waals surface area contributed by atoms with Gasteiger partial charge in [0.25, 0.3) is 0 Å². The Bertz CT molecular complexity index is 1380. The van der Waals surface area contributed by atoms with Gasteiger partial charge < -0.3 is 14.7 Å². The van der Waals surface area contributed by atoms with Gasteiger partial charge in [0.1, 0.15) is 0 Å². The monoisotopic (exact) mass is 495 g/mol. The van der Waals surface area contributed by atoms with E-state index in [0.717, 1.165) is 22.7 Å². The third kappa shape index (κ3) is 4.49. The van der Waals surface area contributed by atoms with Gasteiger partial charge in [-0.2, -0.15) is 0 Å². The minimum atomic E-state index is -0.921. The molecule has 0 bridgehead atoms. The molecule has 2 heterocycles. The Labute approximate surface area is 207 Å². The summed E-state index contributed by atoms with van der Waals surface area (Å²) in [6.45, 7) is 2.68. The zero-order valence-electron chi connectivity index (χ0n) is 19.1. The first-order valence-electron chi connectivity index (χ1n) is 11.3. The van der Waals surface area contributed by atoms with E-state index in [4.69, 9.17) is 16.3 Å². The maximum atomic E-state index is 14.2. The number of aromatic hydroxyl groups is 1. The fourth-order valence-corrected chi connectivity index (χ4v) is 4.96. The SMILES string of the molecule is COc1cccc(C(c2ccc(F)c(F)c2)N2CCN(c3ccnc4cc(Cl)ccc34)CC2)c1O. The van der Waals surface area contributed by atoms with Crippen molar-refractivity contribution in [2.45, 2.75) is 6.04 Å². The highest BCUT2D eigenvalue weighted by molar-refractivity contribution is 6.31. The summed E-state index contributed by atoms with van der Waals surface area (Å²) >= 11 is 6.14.